The minimum absolute atomic E-state index is 0.00214. The van der Waals surface area contributed by atoms with Crippen molar-refractivity contribution in [2.24, 2.45) is 4.99 Å². The first-order chi connectivity index (χ1) is 13.5. The number of benzene rings is 2. The molecule has 0 bridgehead atoms. The number of nitrogens with one attached hydrogen (secondary N) is 2. The van der Waals surface area contributed by atoms with E-state index in [-0.39, 0.29) is 18.1 Å². The summed E-state index contributed by atoms with van der Waals surface area (Å²) in [6.45, 7) is 5.84. The summed E-state index contributed by atoms with van der Waals surface area (Å²) in [6, 6.07) is 8.26. The summed E-state index contributed by atoms with van der Waals surface area (Å²) < 4.78 is 37.1. The lowest BCUT2D eigenvalue weighted by Gasteiger charge is -2.13. The predicted octanol–water partition coefficient (Wildman–Crippen LogP) is 3.20. The van der Waals surface area contributed by atoms with E-state index in [1.54, 1.807) is 18.2 Å². The van der Waals surface area contributed by atoms with Crippen LogP contribution in [0.5, 0.6) is 17.2 Å². The van der Waals surface area contributed by atoms with Gasteiger partial charge in [0.2, 0.25) is 0 Å². The molecule has 0 fully saturated rings. The predicted molar refractivity (Wildman–Crippen MR) is 104 cm³/mol. The van der Waals surface area contributed by atoms with Crippen molar-refractivity contribution < 1.29 is 23.4 Å². The molecule has 0 unspecified atom stereocenters. The first-order valence-electron chi connectivity index (χ1n) is 9.08. The number of aromatic hydroxyl groups is 1. The number of aliphatic imine (C=N–C) groups is 1. The Kier molecular flexibility index (Phi) is 8.33. The first-order valence-corrected chi connectivity index (χ1v) is 9.08. The van der Waals surface area contributed by atoms with Crippen molar-refractivity contribution in [3.05, 3.63) is 53.6 Å². The second-order valence-corrected chi connectivity index (χ2v) is 5.78. The van der Waals surface area contributed by atoms with Crippen LogP contribution in [0.1, 0.15) is 19.4 Å². The SMILES string of the molecule is CCNC(=NCc1ccc(O)c(OCC)c1)NCCOc1ccc(F)cc1F. The Bertz CT molecular complexity index is 800. The highest BCUT2D eigenvalue weighted by molar-refractivity contribution is 5.79. The number of hydrogen-bond donors (Lipinski definition) is 3. The van der Waals surface area contributed by atoms with E-state index in [2.05, 4.69) is 15.6 Å². The van der Waals surface area contributed by atoms with Gasteiger partial charge in [0, 0.05) is 12.6 Å². The maximum atomic E-state index is 13.5. The van der Waals surface area contributed by atoms with Crippen molar-refractivity contribution in [2.75, 3.05) is 26.3 Å². The molecule has 2 aromatic rings. The molecule has 3 N–H and O–H groups in total. The fraction of sp³-hybridized carbons (Fsp3) is 0.350. The third-order valence-corrected chi connectivity index (χ3v) is 3.63. The fourth-order valence-electron chi connectivity index (χ4n) is 2.36. The third kappa shape index (κ3) is 6.61. The molecule has 0 saturated heterocycles. The molecule has 0 amide bonds. The second-order valence-electron chi connectivity index (χ2n) is 5.78. The van der Waals surface area contributed by atoms with Crippen molar-refractivity contribution >= 4 is 5.96 Å². The number of rotatable bonds is 9. The summed E-state index contributed by atoms with van der Waals surface area (Å²) in [6.07, 6.45) is 0. The Morgan fingerprint density at radius 3 is 2.57 bits per heavy atom. The van der Waals surface area contributed by atoms with E-state index in [0.29, 0.717) is 38.0 Å². The van der Waals surface area contributed by atoms with E-state index in [1.807, 2.05) is 13.8 Å². The number of guanidine groups is 1. The molecule has 2 rings (SSSR count). The van der Waals surface area contributed by atoms with Gasteiger partial charge in [0.25, 0.3) is 0 Å². The molecule has 0 aliphatic heterocycles. The number of ether oxygens (including phenoxy) is 2. The van der Waals surface area contributed by atoms with Crippen LogP contribution < -0.4 is 20.1 Å². The molecule has 0 aliphatic rings. The van der Waals surface area contributed by atoms with Gasteiger partial charge >= 0.3 is 0 Å². The Hall–Kier alpha value is -3.03. The van der Waals surface area contributed by atoms with Crippen molar-refractivity contribution in [2.45, 2.75) is 20.4 Å². The lowest BCUT2D eigenvalue weighted by Crippen LogP contribution is -2.39. The smallest absolute Gasteiger partial charge is 0.191 e. The number of halogens is 2. The van der Waals surface area contributed by atoms with Crippen molar-refractivity contribution in [3.8, 4) is 17.2 Å². The summed E-state index contributed by atoms with van der Waals surface area (Å²) in [4.78, 5) is 4.47. The van der Waals surface area contributed by atoms with E-state index in [9.17, 15) is 13.9 Å². The van der Waals surface area contributed by atoms with E-state index < -0.39 is 11.6 Å². The standard InChI is InChI=1S/C20H25F2N3O3/c1-3-23-20(24-9-10-28-18-8-6-15(21)12-16(18)22)25-13-14-5-7-17(26)19(11-14)27-4-2/h5-8,11-12,26H,3-4,9-10,13H2,1-2H3,(H2,23,24,25). The molecule has 0 radical (unpaired) electrons. The Balaban J connectivity index is 1.89. The maximum Gasteiger partial charge on any atom is 0.191 e. The summed E-state index contributed by atoms with van der Waals surface area (Å²) in [7, 11) is 0. The van der Waals surface area contributed by atoms with Crippen LogP contribution in [0.4, 0.5) is 8.78 Å². The molecule has 0 aromatic heterocycles. The summed E-state index contributed by atoms with van der Waals surface area (Å²) >= 11 is 0. The molecule has 0 atom stereocenters. The van der Waals surface area contributed by atoms with Crippen molar-refractivity contribution in [3.63, 3.8) is 0 Å². The highest BCUT2D eigenvalue weighted by atomic mass is 19.1. The molecule has 0 saturated carbocycles. The lowest BCUT2D eigenvalue weighted by molar-refractivity contribution is 0.304. The van der Waals surface area contributed by atoms with E-state index in [0.717, 1.165) is 17.7 Å². The third-order valence-electron chi connectivity index (χ3n) is 3.63. The zero-order valence-corrected chi connectivity index (χ0v) is 16.0. The normalized spacial score (nSPS) is 11.2. The largest absolute Gasteiger partial charge is 0.504 e. The lowest BCUT2D eigenvalue weighted by atomic mass is 10.2. The quantitative estimate of drug-likeness (QED) is 0.347. The van der Waals surface area contributed by atoms with Crippen LogP contribution in [-0.2, 0) is 6.54 Å². The van der Waals surface area contributed by atoms with Crippen LogP contribution in [0.25, 0.3) is 0 Å². The highest BCUT2D eigenvalue weighted by Gasteiger charge is 2.06. The van der Waals surface area contributed by atoms with Gasteiger partial charge in [-0.3, -0.25) is 0 Å². The Morgan fingerprint density at radius 2 is 1.86 bits per heavy atom. The van der Waals surface area contributed by atoms with Gasteiger partial charge < -0.3 is 25.2 Å². The van der Waals surface area contributed by atoms with Crippen molar-refractivity contribution in [1.29, 1.82) is 0 Å². The fourth-order valence-corrected chi connectivity index (χ4v) is 2.36. The molecule has 0 spiro atoms. The first kappa shape index (κ1) is 21.3. The molecule has 2 aromatic carbocycles. The van der Waals surface area contributed by atoms with Gasteiger partial charge in [0.05, 0.1) is 19.7 Å². The zero-order chi connectivity index (χ0) is 20.4. The van der Waals surface area contributed by atoms with Gasteiger partial charge in [-0.05, 0) is 43.7 Å². The Morgan fingerprint density at radius 1 is 1.04 bits per heavy atom. The van der Waals surface area contributed by atoms with Crippen LogP contribution >= 0.6 is 0 Å². The minimum Gasteiger partial charge on any atom is -0.504 e. The maximum absolute atomic E-state index is 13.5. The summed E-state index contributed by atoms with van der Waals surface area (Å²) in [5.41, 5.74) is 0.878. The van der Waals surface area contributed by atoms with Gasteiger partial charge in [-0.2, -0.15) is 0 Å². The molecule has 8 heteroatoms. The average Bonchev–Trinajstić information content (AvgIpc) is 2.67. The van der Waals surface area contributed by atoms with Gasteiger partial charge in [0.1, 0.15) is 12.4 Å². The van der Waals surface area contributed by atoms with Crippen molar-refractivity contribution in [1.82, 2.24) is 10.6 Å². The molecule has 28 heavy (non-hydrogen) atoms. The Labute approximate surface area is 163 Å². The van der Waals surface area contributed by atoms with E-state index in [1.165, 1.54) is 6.07 Å². The van der Waals surface area contributed by atoms with Gasteiger partial charge in [-0.25, -0.2) is 13.8 Å². The average molecular weight is 393 g/mol. The number of nitrogens with zero attached hydrogens (tertiary/aromatic N) is 1. The topological polar surface area (TPSA) is 75.1 Å². The summed E-state index contributed by atoms with van der Waals surface area (Å²) in [5, 5.41) is 15.9. The monoisotopic (exact) mass is 393 g/mol. The zero-order valence-electron chi connectivity index (χ0n) is 16.0. The van der Waals surface area contributed by atoms with Gasteiger partial charge in [-0.1, -0.05) is 6.07 Å². The molecule has 6 nitrogen and oxygen atoms in total. The summed E-state index contributed by atoms with van der Waals surface area (Å²) in [5.74, 6) is -0.314. The van der Waals surface area contributed by atoms with Crippen LogP contribution in [0.2, 0.25) is 0 Å². The van der Waals surface area contributed by atoms with E-state index in [4.69, 9.17) is 9.47 Å². The highest BCUT2D eigenvalue weighted by Crippen LogP contribution is 2.27. The molecule has 0 aliphatic carbocycles. The van der Waals surface area contributed by atoms with Crippen LogP contribution in [-0.4, -0.2) is 37.4 Å². The number of phenolic OH excluding ortho intramolecular Hbond substituents is 1. The van der Waals surface area contributed by atoms with Crippen LogP contribution in [0.3, 0.4) is 0 Å². The second kappa shape index (κ2) is 11.0. The van der Waals surface area contributed by atoms with E-state index >= 15 is 0 Å². The minimum atomic E-state index is -0.738. The van der Waals surface area contributed by atoms with Gasteiger partial charge in [0.15, 0.2) is 29.0 Å². The number of phenols is 1. The van der Waals surface area contributed by atoms with Crippen LogP contribution in [0.15, 0.2) is 41.4 Å². The number of hydrogen-bond acceptors (Lipinski definition) is 4. The van der Waals surface area contributed by atoms with Gasteiger partial charge in [-0.15, -0.1) is 0 Å². The molecule has 152 valence electrons. The molecule has 0 heterocycles. The van der Waals surface area contributed by atoms with Crippen LogP contribution in [0, 0.1) is 11.6 Å². The molecular weight excluding hydrogens is 368 g/mol. The molecular formula is C20H25F2N3O3.